The molecule has 5 heteroatoms. The number of rotatable bonds is 9. The monoisotopic (exact) mass is 297 g/mol. The van der Waals surface area contributed by atoms with Gasteiger partial charge in [-0.2, -0.15) is 0 Å². The topological polar surface area (TPSA) is 55.4 Å². The van der Waals surface area contributed by atoms with Gasteiger partial charge in [-0.3, -0.25) is 9.00 Å². The van der Waals surface area contributed by atoms with Crippen molar-refractivity contribution in [3.8, 4) is 0 Å². The van der Waals surface area contributed by atoms with Gasteiger partial charge in [-0.05, 0) is 37.1 Å². The molecule has 1 amide bonds. The van der Waals surface area contributed by atoms with E-state index in [0.717, 1.165) is 30.8 Å². The van der Waals surface area contributed by atoms with Crippen molar-refractivity contribution >= 4 is 16.7 Å². The van der Waals surface area contributed by atoms with Gasteiger partial charge in [0.15, 0.2) is 0 Å². The number of carbonyl (C=O) groups excluding carboxylic acids is 1. The zero-order valence-electron chi connectivity index (χ0n) is 12.2. The van der Waals surface area contributed by atoms with Crippen molar-refractivity contribution in [3.05, 3.63) is 29.8 Å². The first-order valence-electron chi connectivity index (χ1n) is 6.94. The van der Waals surface area contributed by atoms with Crippen LogP contribution in [0.1, 0.15) is 36.5 Å². The van der Waals surface area contributed by atoms with E-state index in [1.165, 1.54) is 0 Å². The van der Waals surface area contributed by atoms with Gasteiger partial charge in [0.2, 0.25) is 0 Å². The summed E-state index contributed by atoms with van der Waals surface area (Å²) < 4.78 is 16.7. The largest absolute Gasteiger partial charge is 0.381 e. The molecule has 0 heterocycles. The zero-order chi connectivity index (χ0) is 14.8. The van der Waals surface area contributed by atoms with Gasteiger partial charge >= 0.3 is 0 Å². The minimum absolute atomic E-state index is 0.105. The van der Waals surface area contributed by atoms with Gasteiger partial charge in [0.05, 0.1) is 0 Å². The highest BCUT2D eigenvalue weighted by Gasteiger charge is 2.05. The molecule has 0 aliphatic rings. The lowest BCUT2D eigenvalue weighted by Crippen LogP contribution is -2.25. The second-order valence-corrected chi connectivity index (χ2v) is 5.93. The molecule has 0 saturated heterocycles. The van der Waals surface area contributed by atoms with Gasteiger partial charge in [-0.15, -0.1) is 0 Å². The van der Waals surface area contributed by atoms with Crippen LogP contribution in [0, 0.1) is 0 Å². The van der Waals surface area contributed by atoms with E-state index >= 15 is 0 Å². The Morgan fingerprint density at radius 2 is 1.85 bits per heavy atom. The molecular weight excluding hydrogens is 274 g/mol. The number of hydrogen-bond acceptors (Lipinski definition) is 3. The molecule has 20 heavy (non-hydrogen) atoms. The number of carbonyl (C=O) groups is 1. The van der Waals surface area contributed by atoms with Crippen LogP contribution in [0.5, 0.6) is 0 Å². The van der Waals surface area contributed by atoms with E-state index in [2.05, 4.69) is 12.2 Å². The predicted octanol–water partition coefficient (Wildman–Crippen LogP) is 2.36. The van der Waals surface area contributed by atoms with E-state index in [4.69, 9.17) is 4.74 Å². The van der Waals surface area contributed by atoms with Gasteiger partial charge in [-0.25, -0.2) is 0 Å². The van der Waals surface area contributed by atoms with Gasteiger partial charge in [0.1, 0.15) is 0 Å². The van der Waals surface area contributed by atoms with Crippen molar-refractivity contribution in [3.63, 3.8) is 0 Å². The fraction of sp³-hybridized carbons (Fsp3) is 0.533. The summed E-state index contributed by atoms with van der Waals surface area (Å²) in [5.74, 6) is -0.105. The normalized spacial score (nSPS) is 12.1. The minimum Gasteiger partial charge on any atom is -0.381 e. The molecule has 1 unspecified atom stereocenters. The van der Waals surface area contributed by atoms with E-state index in [1.54, 1.807) is 30.5 Å². The van der Waals surface area contributed by atoms with Crippen LogP contribution in [0.15, 0.2) is 29.2 Å². The highest BCUT2D eigenvalue weighted by molar-refractivity contribution is 7.84. The molecule has 0 spiro atoms. The maximum absolute atomic E-state index is 11.8. The molecule has 0 aliphatic carbocycles. The molecule has 0 fully saturated rings. The summed E-state index contributed by atoms with van der Waals surface area (Å²) in [5.41, 5.74) is 0.589. The van der Waals surface area contributed by atoms with E-state index < -0.39 is 10.8 Å². The highest BCUT2D eigenvalue weighted by Crippen LogP contribution is 2.07. The molecule has 1 rings (SSSR count). The first-order valence-corrected chi connectivity index (χ1v) is 8.50. The summed E-state index contributed by atoms with van der Waals surface area (Å²) >= 11 is 0. The third-order valence-electron chi connectivity index (χ3n) is 2.84. The molecule has 0 aliphatic heterocycles. The van der Waals surface area contributed by atoms with E-state index in [-0.39, 0.29) is 5.91 Å². The molecule has 1 atom stereocenters. The molecule has 0 radical (unpaired) electrons. The third-order valence-corrected chi connectivity index (χ3v) is 3.78. The molecule has 1 N–H and O–H groups in total. The van der Waals surface area contributed by atoms with E-state index in [9.17, 15) is 9.00 Å². The predicted molar refractivity (Wildman–Crippen MR) is 81.5 cm³/mol. The maximum atomic E-state index is 11.8. The Kier molecular flexibility index (Phi) is 8.14. The lowest BCUT2D eigenvalue weighted by molar-refractivity contribution is 0.0940. The van der Waals surface area contributed by atoms with Gasteiger partial charge in [-0.1, -0.05) is 13.3 Å². The van der Waals surface area contributed by atoms with Crippen LogP contribution in [-0.4, -0.2) is 36.1 Å². The first-order chi connectivity index (χ1) is 9.65. The van der Waals surface area contributed by atoms with Crippen LogP contribution >= 0.6 is 0 Å². The second kappa shape index (κ2) is 9.66. The van der Waals surface area contributed by atoms with Crippen LogP contribution < -0.4 is 5.32 Å². The van der Waals surface area contributed by atoms with E-state index in [0.29, 0.717) is 18.7 Å². The van der Waals surface area contributed by atoms with Crippen molar-refractivity contribution < 1.29 is 13.7 Å². The molecule has 0 saturated carbocycles. The average Bonchev–Trinajstić information content (AvgIpc) is 2.46. The Morgan fingerprint density at radius 1 is 1.20 bits per heavy atom. The molecular formula is C15H23NO3S. The van der Waals surface area contributed by atoms with Gasteiger partial charge in [0, 0.05) is 47.3 Å². The first kappa shape index (κ1) is 16.9. The average molecular weight is 297 g/mol. The number of amides is 1. The summed E-state index contributed by atoms with van der Waals surface area (Å²) in [6, 6.07) is 6.84. The Labute approximate surface area is 123 Å². The molecule has 1 aromatic carbocycles. The fourth-order valence-corrected chi connectivity index (χ4v) is 2.14. The lowest BCUT2D eigenvalue weighted by atomic mass is 10.2. The smallest absolute Gasteiger partial charge is 0.251 e. The molecule has 4 nitrogen and oxygen atoms in total. The fourth-order valence-electron chi connectivity index (χ4n) is 1.62. The van der Waals surface area contributed by atoms with Crippen molar-refractivity contribution in [1.82, 2.24) is 5.32 Å². The summed E-state index contributed by atoms with van der Waals surface area (Å²) in [7, 11) is -1.01. The van der Waals surface area contributed by atoms with Gasteiger partial charge in [0.25, 0.3) is 5.91 Å². The number of benzene rings is 1. The minimum atomic E-state index is -1.01. The van der Waals surface area contributed by atoms with E-state index in [1.807, 2.05) is 0 Å². The number of unbranched alkanes of at least 4 members (excludes halogenated alkanes) is 1. The molecule has 1 aromatic rings. The summed E-state index contributed by atoms with van der Waals surface area (Å²) in [6.07, 6.45) is 4.65. The van der Waals surface area contributed by atoms with Crippen molar-refractivity contribution in [1.29, 1.82) is 0 Å². The number of hydrogen-bond donors (Lipinski definition) is 1. The Bertz CT molecular complexity index is 431. The number of ether oxygens (including phenoxy) is 1. The Hall–Kier alpha value is -1.20. The zero-order valence-corrected chi connectivity index (χ0v) is 13.0. The van der Waals surface area contributed by atoms with Crippen molar-refractivity contribution in [2.75, 3.05) is 26.0 Å². The number of nitrogens with one attached hydrogen (secondary N) is 1. The Balaban J connectivity index is 2.24. The highest BCUT2D eigenvalue weighted by atomic mass is 32.2. The van der Waals surface area contributed by atoms with Crippen LogP contribution in [0.3, 0.4) is 0 Å². The summed E-state index contributed by atoms with van der Waals surface area (Å²) in [6.45, 7) is 4.20. The van der Waals surface area contributed by atoms with Crippen LogP contribution in [-0.2, 0) is 15.5 Å². The third kappa shape index (κ3) is 6.30. The van der Waals surface area contributed by atoms with Gasteiger partial charge < -0.3 is 10.1 Å². The SMILES string of the molecule is CCCCOCCCNC(=O)c1ccc(S(C)=O)cc1. The van der Waals surface area contributed by atoms with Crippen LogP contribution in [0.4, 0.5) is 0 Å². The van der Waals surface area contributed by atoms with Crippen molar-refractivity contribution in [2.45, 2.75) is 31.1 Å². The van der Waals surface area contributed by atoms with Crippen molar-refractivity contribution in [2.24, 2.45) is 0 Å². The molecule has 0 aromatic heterocycles. The quantitative estimate of drug-likeness (QED) is 0.712. The maximum Gasteiger partial charge on any atom is 0.251 e. The van der Waals surface area contributed by atoms with Crippen LogP contribution in [0.25, 0.3) is 0 Å². The summed E-state index contributed by atoms with van der Waals surface area (Å²) in [5, 5.41) is 2.84. The second-order valence-electron chi connectivity index (χ2n) is 4.55. The Morgan fingerprint density at radius 3 is 2.45 bits per heavy atom. The standard InChI is InChI=1S/C15H23NO3S/c1-3-4-11-19-12-5-10-16-15(17)13-6-8-14(9-7-13)20(2)18/h6-9H,3-5,10-12H2,1-2H3,(H,16,17). The molecule has 0 bridgehead atoms. The summed E-state index contributed by atoms with van der Waals surface area (Å²) in [4.78, 5) is 12.6. The lowest BCUT2D eigenvalue weighted by Gasteiger charge is -2.06. The van der Waals surface area contributed by atoms with Crippen LogP contribution in [0.2, 0.25) is 0 Å². The molecule has 112 valence electrons.